The van der Waals surface area contributed by atoms with Crippen LogP contribution in [-0.2, 0) is 4.79 Å². The Morgan fingerprint density at radius 1 is 1.62 bits per heavy atom. The van der Waals surface area contributed by atoms with E-state index < -0.39 is 0 Å². The van der Waals surface area contributed by atoms with E-state index in [9.17, 15) is 4.79 Å². The highest BCUT2D eigenvalue weighted by Crippen LogP contribution is 2.26. The summed E-state index contributed by atoms with van der Waals surface area (Å²) in [5.74, 6) is 0.743. The van der Waals surface area contributed by atoms with E-state index in [1.165, 1.54) is 6.33 Å². The summed E-state index contributed by atoms with van der Waals surface area (Å²) >= 11 is 0. The molecule has 1 aliphatic heterocycles. The Hall–Kier alpha value is -1.65. The molecule has 0 fully saturated rings. The second kappa shape index (κ2) is 2.69. The topological polar surface area (TPSA) is 58.1 Å². The highest BCUT2D eigenvalue weighted by atomic mass is 16.2. The number of carbonyl (C=O) groups excluding carboxylic acids is 1. The van der Waals surface area contributed by atoms with E-state index >= 15 is 0 Å². The molecule has 2 heterocycles. The maximum atomic E-state index is 11.4. The molecule has 68 valence electrons. The minimum atomic E-state index is -0.178. The number of nitrogens with zero attached hydrogens (tertiary/aromatic N) is 3. The number of aromatic nitrogens is 2. The molecule has 1 N–H and O–H groups in total. The summed E-state index contributed by atoms with van der Waals surface area (Å²) in [4.78, 5) is 21.1. The third-order valence-corrected chi connectivity index (χ3v) is 2.24. The summed E-state index contributed by atoms with van der Waals surface area (Å²) in [5, 5.41) is 2.73. The second-order valence-electron chi connectivity index (χ2n) is 3.04. The van der Waals surface area contributed by atoms with Crippen LogP contribution >= 0.6 is 0 Å². The van der Waals surface area contributed by atoms with Gasteiger partial charge in [-0.25, -0.2) is 9.97 Å². The van der Waals surface area contributed by atoms with Crippen LogP contribution in [0.5, 0.6) is 0 Å². The molecule has 0 spiro atoms. The van der Waals surface area contributed by atoms with E-state index in [0.29, 0.717) is 5.69 Å². The molecule has 1 aliphatic rings. The van der Waals surface area contributed by atoms with Gasteiger partial charge in [0.25, 0.3) is 0 Å². The average molecular weight is 178 g/mol. The van der Waals surface area contributed by atoms with Gasteiger partial charge < -0.3 is 10.2 Å². The molecule has 13 heavy (non-hydrogen) atoms. The minimum Gasteiger partial charge on any atom is -0.346 e. The van der Waals surface area contributed by atoms with Crippen molar-refractivity contribution < 1.29 is 4.79 Å². The highest BCUT2D eigenvalue weighted by molar-refractivity contribution is 6.02. The number of fused-ring (bicyclic) bond motifs is 1. The standard InChI is InChI=1S/C8H10N4O/c1-5-8(13)11-6-3-9-4-10-7(6)12(5)2/h3-5H,1-2H3,(H,11,13)/t5-/m0/s1. The van der Waals surface area contributed by atoms with Crippen molar-refractivity contribution >= 4 is 17.4 Å². The lowest BCUT2D eigenvalue weighted by atomic mass is 10.2. The zero-order valence-electron chi connectivity index (χ0n) is 7.48. The first-order chi connectivity index (χ1) is 6.20. The van der Waals surface area contributed by atoms with Gasteiger partial charge in [-0.2, -0.15) is 0 Å². The maximum Gasteiger partial charge on any atom is 0.246 e. The lowest BCUT2D eigenvalue weighted by Crippen LogP contribution is -2.44. The molecule has 0 saturated carbocycles. The van der Waals surface area contributed by atoms with Crippen LogP contribution in [0.25, 0.3) is 0 Å². The fraction of sp³-hybridized carbons (Fsp3) is 0.375. The molecule has 2 rings (SSSR count). The van der Waals surface area contributed by atoms with Crippen LogP contribution in [-0.4, -0.2) is 29.0 Å². The third kappa shape index (κ3) is 1.12. The largest absolute Gasteiger partial charge is 0.346 e. The molecule has 0 aromatic carbocycles. The summed E-state index contributed by atoms with van der Waals surface area (Å²) in [6.45, 7) is 1.83. The van der Waals surface area contributed by atoms with E-state index in [4.69, 9.17) is 0 Å². The molecular weight excluding hydrogens is 168 g/mol. The third-order valence-electron chi connectivity index (χ3n) is 2.24. The predicted octanol–water partition coefficient (Wildman–Crippen LogP) is 0.253. The molecule has 0 saturated heterocycles. The van der Waals surface area contributed by atoms with Crippen LogP contribution in [0.15, 0.2) is 12.5 Å². The number of anilines is 2. The van der Waals surface area contributed by atoms with Crippen molar-refractivity contribution in [2.75, 3.05) is 17.3 Å². The first-order valence-electron chi connectivity index (χ1n) is 4.04. The van der Waals surface area contributed by atoms with Crippen molar-refractivity contribution in [1.29, 1.82) is 0 Å². The molecule has 1 aromatic rings. The summed E-state index contributed by atoms with van der Waals surface area (Å²) in [7, 11) is 1.84. The Bertz CT molecular complexity index is 352. The molecule has 0 aliphatic carbocycles. The fourth-order valence-electron chi connectivity index (χ4n) is 1.29. The highest BCUT2D eigenvalue weighted by Gasteiger charge is 2.27. The molecule has 1 atom stereocenters. The SMILES string of the molecule is C[C@H]1C(=O)Nc2cncnc2N1C. The van der Waals surface area contributed by atoms with Gasteiger partial charge in [-0.15, -0.1) is 0 Å². The van der Waals surface area contributed by atoms with E-state index in [1.54, 1.807) is 6.20 Å². The lowest BCUT2D eigenvalue weighted by molar-refractivity contribution is -0.117. The van der Waals surface area contributed by atoms with Gasteiger partial charge in [0.2, 0.25) is 5.91 Å². The Morgan fingerprint density at radius 3 is 3.15 bits per heavy atom. The quantitative estimate of drug-likeness (QED) is 0.618. The van der Waals surface area contributed by atoms with Crippen molar-refractivity contribution in [1.82, 2.24) is 9.97 Å². The van der Waals surface area contributed by atoms with Crippen LogP contribution in [0.4, 0.5) is 11.5 Å². The zero-order valence-corrected chi connectivity index (χ0v) is 7.48. The Labute approximate surface area is 75.8 Å². The van der Waals surface area contributed by atoms with E-state index in [0.717, 1.165) is 5.82 Å². The molecule has 0 radical (unpaired) electrons. The lowest BCUT2D eigenvalue weighted by Gasteiger charge is -2.31. The molecule has 5 nitrogen and oxygen atoms in total. The van der Waals surface area contributed by atoms with Gasteiger partial charge in [0, 0.05) is 7.05 Å². The number of rotatable bonds is 0. The van der Waals surface area contributed by atoms with E-state index in [1.807, 2.05) is 18.9 Å². The van der Waals surface area contributed by atoms with E-state index in [-0.39, 0.29) is 11.9 Å². The summed E-state index contributed by atoms with van der Waals surface area (Å²) < 4.78 is 0. The molecule has 0 bridgehead atoms. The van der Waals surface area contributed by atoms with Crippen molar-refractivity contribution in [2.24, 2.45) is 0 Å². The van der Waals surface area contributed by atoms with Gasteiger partial charge >= 0.3 is 0 Å². The average Bonchev–Trinajstić information content (AvgIpc) is 2.15. The Morgan fingerprint density at radius 2 is 2.38 bits per heavy atom. The number of hydrogen-bond acceptors (Lipinski definition) is 4. The first-order valence-corrected chi connectivity index (χ1v) is 4.04. The van der Waals surface area contributed by atoms with Gasteiger partial charge in [-0.3, -0.25) is 4.79 Å². The first kappa shape index (κ1) is 7.97. The van der Waals surface area contributed by atoms with Crippen molar-refractivity contribution in [3.8, 4) is 0 Å². The van der Waals surface area contributed by atoms with Crippen LogP contribution < -0.4 is 10.2 Å². The zero-order chi connectivity index (χ0) is 9.42. The normalized spacial score (nSPS) is 20.9. The Balaban J connectivity index is 2.49. The Kier molecular flexibility index (Phi) is 1.65. The number of amides is 1. The molecule has 1 aromatic heterocycles. The van der Waals surface area contributed by atoms with Gasteiger partial charge in [-0.1, -0.05) is 0 Å². The molecule has 5 heteroatoms. The van der Waals surface area contributed by atoms with Crippen LogP contribution in [0.2, 0.25) is 0 Å². The monoisotopic (exact) mass is 178 g/mol. The molecular formula is C8H10N4O. The van der Waals surface area contributed by atoms with Gasteiger partial charge in [0.15, 0.2) is 5.82 Å². The van der Waals surface area contributed by atoms with Crippen LogP contribution in [0.1, 0.15) is 6.92 Å². The number of carbonyl (C=O) groups is 1. The van der Waals surface area contributed by atoms with Crippen molar-refractivity contribution in [3.05, 3.63) is 12.5 Å². The molecule has 1 amide bonds. The maximum absolute atomic E-state index is 11.4. The summed E-state index contributed by atoms with van der Waals surface area (Å²) in [5.41, 5.74) is 0.674. The van der Waals surface area contributed by atoms with Gasteiger partial charge in [-0.05, 0) is 6.92 Å². The number of likely N-dealkylation sites (N-methyl/N-ethyl adjacent to an activating group) is 1. The predicted molar refractivity (Wildman–Crippen MR) is 48.5 cm³/mol. The van der Waals surface area contributed by atoms with Gasteiger partial charge in [0.1, 0.15) is 18.1 Å². The summed E-state index contributed by atoms with van der Waals surface area (Å²) in [6, 6.07) is -0.178. The van der Waals surface area contributed by atoms with Crippen molar-refractivity contribution in [3.63, 3.8) is 0 Å². The number of nitrogens with one attached hydrogen (secondary N) is 1. The molecule has 0 unspecified atom stereocenters. The van der Waals surface area contributed by atoms with Crippen molar-refractivity contribution in [2.45, 2.75) is 13.0 Å². The van der Waals surface area contributed by atoms with Crippen LogP contribution in [0, 0.1) is 0 Å². The van der Waals surface area contributed by atoms with E-state index in [2.05, 4.69) is 15.3 Å². The second-order valence-corrected chi connectivity index (χ2v) is 3.04. The van der Waals surface area contributed by atoms with Gasteiger partial charge in [0.05, 0.1) is 6.20 Å². The smallest absolute Gasteiger partial charge is 0.246 e. The minimum absolute atomic E-state index is 0.0233. The number of hydrogen-bond donors (Lipinski definition) is 1. The fourth-order valence-corrected chi connectivity index (χ4v) is 1.29. The van der Waals surface area contributed by atoms with Crippen LogP contribution in [0.3, 0.4) is 0 Å². The summed E-state index contributed by atoms with van der Waals surface area (Å²) in [6.07, 6.45) is 3.07.